The van der Waals surface area contributed by atoms with E-state index in [9.17, 15) is 5.11 Å². The van der Waals surface area contributed by atoms with E-state index in [1.165, 1.54) is 96.3 Å². The Labute approximate surface area is 175 Å². The smallest absolute Gasteiger partial charge is 0.0828 e. The van der Waals surface area contributed by atoms with E-state index in [1.807, 2.05) is 0 Å². The van der Waals surface area contributed by atoms with Gasteiger partial charge in [0.1, 0.15) is 0 Å². The van der Waals surface area contributed by atoms with Gasteiger partial charge in [0.2, 0.25) is 0 Å². The first-order valence-corrected chi connectivity index (χ1v) is 13.0. The zero-order chi connectivity index (χ0) is 19.8. The van der Waals surface area contributed by atoms with Crippen LogP contribution in [0.3, 0.4) is 0 Å². The summed E-state index contributed by atoms with van der Waals surface area (Å²) in [6.45, 7) is 4.57. The van der Waals surface area contributed by atoms with Gasteiger partial charge in [-0.1, -0.05) is 77.4 Å². The normalized spacial score (nSPS) is 39.2. The monoisotopic (exact) mass is 388 g/mol. The highest BCUT2D eigenvalue weighted by molar-refractivity contribution is 5.09. The topological polar surface area (TPSA) is 20.2 Å². The highest BCUT2D eigenvalue weighted by Gasteiger charge is 2.35. The van der Waals surface area contributed by atoms with Crippen LogP contribution in [0.4, 0.5) is 0 Å². The number of rotatable bonds is 9. The van der Waals surface area contributed by atoms with Crippen LogP contribution in [0.2, 0.25) is 0 Å². The molecule has 0 heterocycles. The summed E-state index contributed by atoms with van der Waals surface area (Å²) in [5.41, 5.74) is -0.487. The van der Waals surface area contributed by atoms with Crippen molar-refractivity contribution in [3.8, 4) is 0 Å². The first-order valence-electron chi connectivity index (χ1n) is 13.0. The molecule has 1 heteroatoms. The third-order valence-corrected chi connectivity index (χ3v) is 8.72. The molecule has 2 atom stereocenters. The van der Waals surface area contributed by atoms with E-state index in [4.69, 9.17) is 0 Å². The first-order chi connectivity index (χ1) is 13.6. The molecule has 28 heavy (non-hydrogen) atoms. The lowest BCUT2D eigenvalue weighted by molar-refractivity contribution is 0.0481. The molecular weight excluding hydrogens is 340 g/mol. The zero-order valence-electron chi connectivity index (χ0n) is 19.0. The van der Waals surface area contributed by atoms with Gasteiger partial charge in [0.05, 0.1) is 5.60 Å². The van der Waals surface area contributed by atoms with E-state index in [0.29, 0.717) is 0 Å². The fourth-order valence-electron chi connectivity index (χ4n) is 6.67. The minimum atomic E-state index is -0.487. The van der Waals surface area contributed by atoms with Crippen LogP contribution < -0.4 is 0 Å². The van der Waals surface area contributed by atoms with Crippen LogP contribution in [-0.4, -0.2) is 10.7 Å². The standard InChI is InChI=1S/C27H48O/c1-3-5-7-19-27(28)20-17-26(18-21-27)25-15-13-24(14-16-25)23-11-9-22(10-12-23)8-6-4-2/h17,20,22-26,28H,3-16,18-19,21H2,1-2H3. The molecule has 2 fully saturated rings. The summed E-state index contributed by atoms with van der Waals surface area (Å²) in [6.07, 6.45) is 27.7. The van der Waals surface area contributed by atoms with Crippen molar-refractivity contribution >= 4 is 0 Å². The lowest BCUT2D eigenvalue weighted by Gasteiger charge is -2.41. The maximum atomic E-state index is 10.8. The molecule has 0 aromatic heterocycles. The van der Waals surface area contributed by atoms with Gasteiger partial charge in [0, 0.05) is 0 Å². The van der Waals surface area contributed by atoms with Crippen LogP contribution >= 0.6 is 0 Å². The zero-order valence-corrected chi connectivity index (χ0v) is 19.0. The van der Waals surface area contributed by atoms with Crippen LogP contribution in [0.25, 0.3) is 0 Å². The van der Waals surface area contributed by atoms with Crippen molar-refractivity contribution in [1.82, 2.24) is 0 Å². The number of hydrogen-bond donors (Lipinski definition) is 1. The van der Waals surface area contributed by atoms with Gasteiger partial charge in [-0.25, -0.2) is 0 Å². The molecule has 2 saturated carbocycles. The average Bonchev–Trinajstić information content (AvgIpc) is 2.73. The largest absolute Gasteiger partial charge is 0.386 e. The maximum Gasteiger partial charge on any atom is 0.0828 e. The Kier molecular flexibility index (Phi) is 8.95. The summed E-state index contributed by atoms with van der Waals surface area (Å²) in [6, 6.07) is 0. The molecule has 0 bridgehead atoms. The van der Waals surface area contributed by atoms with E-state index in [0.717, 1.165) is 42.4 Å². The van der Waals surface area contributed by atoms with Crippen molar-refractivity contribution in [3.05, 3.63) is 12.2 Å². The number of aliphatic hydroxyl groups is 1. The van der Waals surface area contributed by atoms with Crippen molar-refractivity contribution in [2.45, 2.75) is 129 Å². The summed E-state index contributed by atoms with van der Waals surface area (Å²) in [4.78, 5) is 0. The molecule has 0 aromatic carbocycles. The summed E-state index contributed by atoms with van der Waals surface area (Å²) in [7, 11) is 0. The van der Waals surface area contributed by atoms with Gasteiger partial charge in [-0.15, -0.1) is 0 Å². The fourth-order valence-corrected chi connectivity index (χ4v) is 6.67. The van der Waals surface area contributed by atoms with Crippen molar-refractivity contribution in [1.29, 1.82) is 0 Å². The van der Waals surface area contributed by atoms with Crippen molar-refractivity contribution in [2.24, 2.45) is 29.6 Å². The van der Waals surface area contributed by atoms with Crippen molar-refractivity contribution < 1.29 is 5.11 Å². The Morgan fingerprint density at radius 2 is 1.36 bits per heavy atom. The average molecular weight is 389 g/mol. The van der Waals surface area contributed by atoms with Gasteiger partial charge in [-0.3, -0.25) is 0 Å². The molecule has 1 N–H and O–H groups in total. The molecule has 162 valence electrons. The summed E-state index contributed by atoms with van der Waals surface area (Å²) < 4.78 is 0. The molecule has 0 aliphatic heterocycles. The maximum absolute atomic E-state index is 10.8. The number of hydrogen-bond acceptors (Lipinski definition) is 1. The molecule has 1 nitrogen and oxygen atoms in total. The van der Waals surface area contributed by atoms with Gasteiger partial charge < -0.3 is 5.11 Å². The van der Waals surface area contributed by atoms with Crippen molar-refractivity contribution in [3.63, 3.8) is 0 Å². The Hall–Kier alpha value is -0.300. The molecule has 3 aliphatic carbocycles. The lowest BCUT2D eigenvalue weighted by atomic mass is 9.65. The molecule has 3 aliphatic rings. The van der Waals surface area contributed by atoms with Crippen LogP contribution in [0.15, 0.2) is 12.2 Å². The molecule has 0 radical (unpaired) electrons. The molecule has 2 unspecified atom stereocenters. The van der Waals surface area contributed by atoms with E-state index in [1.54, 1.807) is 0 Å². The molecule has 3 rings (SSSR count). The molecule has 0 saturated heterocycles. The molecule has 0 amide bonds. The van der Waals surface area contributed by atoms with Crippen molar-refractivity contribution in [2.75, 3.05) is 0 Å². The summed E-state index contributed by atoms with van der Waals surface area (Å²) >= 11 is 0. The quantitative estimate of drug-likeness (QED) is 0.313. The first kappa shape index (κ1) is 22.4. The highest BCUT2D eigenvalue weighted by Crippen LogP contribution is 2.45. The van der Waals surface area contributed by atoms with E-state index < -0.39 is 5.60 Å². The Bertz CT molecular complexity index is 453. The van der Waals surface area contributed by atoms with Crippen LogP contribution in [0.5, 0.6) is 0 Å². The van der Waals surface area contributed by atoms with E-state index in [2.05, 4.69) is 26.0 Å². The summed E-state index contributed by atoms with van der Waals surface area (Å²) in [5, 5.41) is 10.8. The van der Waals surface area contributed by atoms with Crippen LogP contribution in [-0.2, 0) is 0 Å². The lowest BCUT2D eigenvalue weighted by Crippen LogP contribution is -2.33. The van der Waals surface area contributed by atoms with Crippen LogP contribution in [0, 0.1) is 29.6 Å². The molecular formula is C27H48O. The van der Waals surface area contributed by atoms with Gasteiger partial charge in [0.15, 0.2) is 0 Å². The minimum Gasteiger partial charge on any atom is -0.386 e. The number of unbranched alkanes of at least 4 members (excludes halogenated alkanes) is 3. The highest BCUT2D eigenvalue weighted by atomic mass is 16.3. The number of allylic oxidation sites excluding steroid dienone is 1. The van der Waals surface area contributed by atoms with Gasteiger partial charge >= 0.3 is 0 Å². The molecule has 0 aromatic rings. The second kappa shape index (κ2) is 11.2. The third kappa shape index (κ3) is 6.35. The predicted molar refractivity (Wildman–Crippen MR) is 121 cm³/mol. The second-order valence-corrected chi connectivity index (χ2v) is 10.7. The SMILES string of the molecule is CCCCCC1(O)C=CC(C2CCC(C3CCC(CCCC)CC3)CC2)CC1. The second-order valence-electron chi connectivity index (χ2n) is 10.7. The Morgan fingerprint density at radius 3 is 1.93 bits per heavy atom. The minimum absolute atomic E-state index is 0.487. The molecule has 0 spiro atoms. The predicted octanol–water partition coefficient (Wildman–Crippen LogP) is 8.07. The third-order valence-electron chi connectivity index (χ3n) is 8.72. The van der Waals surface area contributed by atoms with Gasteiger partial charge in [-0.05, 0) is 87.4 Å². The van der Waals surface area contributed by atoms with E-state index >= 15 is 0 Å². The van der Waals surface area contributed by atoms with E-state index in [-0.39, 0.29) is 0 Å². The van der Waals surface area contributed by atoms with Gasteiger partial charge in [-0.2, -0.15) is 0 Å². The summed E-state index contributed by atoms with van der Waals surface area (Å²) in [5.74, 6) is 4.77. The fraction of sp³-hybridized carbons (Fsp3) is 0.926. The van der Waals surface area contributed by atoms with Crippen LogP contribution in [0.1, 0.15) is 123 Å². The Balaban J connectivity index is 1.38. The Morgan fingerprint density at radius 1 is 0.750 bits per heavy atom. The van der Waals surface area contributed by atoms with Gasteiger partial charge in [0.25, 0.3) is 0 Å².